The van der Waals surface area contributed by atoms with Crippen LogP contribution in [0.1, 0.15) is 31.9 Å². The Morgan fingerprint density at radius 1 is 1.04 bits per heavy atom. The Morgan fingerprint density at radius 2 is 1.65 bits per heavy atom. The zero-order valence-corrected chi connectivity index (χ0v) is 17.2. The first-order valence-electron chi connectivity index (χ1n) is 8.05. The van der Waals surface area contributed by atoms with Gasteiger partial charge < -0.3 is 18.8 Å². The average Bonchev–Trinajstić information content (AvgIpc) is 2.43. The molecule has 5 heteroatoms. The molecule has 1 rings (SSSR count). The highest BCUT2D eigenvalue weighted by Crippen LogP contribution is 2.39. The molecular formula is C18H33NO3Si. The fraction of sp³-hybridized carbons (Fsp3) is 0.667. The number of hydrogen-bond acceptors (Lipinski definition) is 4. The molecule has 4 nitrogen and oxygen atoms in total. The summed E-state index contributed by atoms with van der Waals surface area (Å²) in [6, 6.07) is 4.07. The molecule has 0 N–H and O–H groups in total. The maximum absolute atomic E-state index is 6.43. The summed E-state index contributed by atoms with van der Waals surface area (Å²) < 4.78 is 17.5. The Kier molecular flexibility index (Phi) is 6.68. The van der Waals surface area contributed by atoms with E-state index in [-0.39, 0.29) is 5.04 Å². The molecule has 23 heavy (non-hydrogen) atoms. The minimum absolute atomic E-state index is 0.181. The normalized spacial score (nSPS) is 12.6. The van der Waals surface area contributed by atoms with Crippen molar-refractivity contribution >= 4 is 8.32 Å². The summed E-state index contributed by atoms with van der Waals surface area (Å²) in [6.07, 6.45) is 0. The molecule has 0 unspecified atom stereocenters. The van der Waals surface area contributed by atoms with Crippen LogP contribution in [0.25, 0.3) is 0 Å². The molecule has 1 aromatic rings. The van der Waals surface area contributed by atoms with Crippen molar-refractivity contribution in [2.75, 3.05) is 28.3 Å². The van der Waals surface area contributed by atoms with Crippen LogP contribution >= 0.6 is 0 Å². The summed E-state index contributed by atoms with van der Waals surface area (Å²) in [7, 11) is 5.66. The van der Waals surface area contributed by atoms with Crippen LogP contribution in [0.3, 0.4) is 0 Å². The van der Waals surface area contributed by atoms with Gasteiger partial charge in [0.2, 0.25) is 0 Å². The molecule has 0 aliphatic carbocycles. The first-order valence-corrected chi connectivity index (χ1v) is 11.0. The van der Waals surface area contributed by atoms with Crippen LogP contribution in [0.2, 0.25) is 18.1 Å². The Labute approximate surface area is 142 Å². The minimum atomic E-state index is -1.82. The van der Waals surface area contributed by atoms with Gasteiger partial charge in [-0.1, -0.05) is 26.8 Å². The van der Waals surface area contributed by atoms with Gasteiger partial charge in [-0.15, -0.1) is 0 Å². The number of nitrogens with zero attached hydrogens (tertiary/aromatic N) is 1. The van der Waals surface area contributed by atoms with Gasteiger partial charge in [-0.3, -0.25) is 0 Å². The van der Waals surface area contributed by atoms with E-state index in [2.05, 4.69) is 58.9 Å². The van der Waals surface area contributed by atoms with Crippen LogP contribution in [-0.4, -0.2) is 41.5 Å². The SMILES string of the molecule is COc1ccc(CN(C)C)c(CO[Si](C)(C)C(C)(C)C)c1OC. The zero-order chi connectivity index (χ0) is 17.8. The lowest BCUT2D eigenvalue weighted by Gasteiger charge is -2.36. The number of rotatable bonds is 7. The third-order valence-corrected chi connectivity index (χ3v) is 9.09. The predicted octanol–water partition coefficient (Wildman–Crippen LogP) is 4.29. The third kappa shape index (κ3) is 4.96. The van der Waals surface area contributed by atoms with Crippen molar-refractivity contribution in [3.63, 3.8) is 0 Å². The number of benzene rings is 1. The molecule has 0 aliphatic heterocycles. The molecule has 132 valence electrons. The highest BCUT2D eigenvalue weighted by molar-refractivity contribution is 6.74. The van der Waals surface area contributed by atoms with E-state index in [4.69, 9.17) is 13.9 Å². The maximum Gasteiger partial charge on any atom is 0.192 e. The smallest absolute Gasteiger partial charge is 0.192 e. The molecule has 0 heterocycles. The lowest BCUT2D eigenvalue weighted by atomic mass is 10.1. The van der Waals surface area contributed by atoms with Crippen molar-refractivity contribution in [3.05, 3.63) is 23.3 Å². The lowest BCUT2D eigenvalue weighted by Crippen LogP contribution is -2.40. The van der Waals surface area contributed by atoms with Crippen molar-refractivity contribution < 1.29 is 13.9 Å². The first-order chi connectivity index (χ1) is 10.5. The van der Waals surface area contributed by atoms with Crippen LogP contribution in [0, 0.1) is 0 Å². The van der Waals surface area contributed by atoms with Gasteiger partial charge in [0.05, 0.1) is 20.8 Å². The van der Waals surface area contributed by atoms with Gasteiger partial charge in [0.15, 0.2) is 19.8 Å². The molecule has 0 saturated carbocycles. The van der Waals surface area contributed by atoms with E-state index >= 15 is 0 Å². The molecule has 0 atom stereocenters. The summed E-state index contributed by atoms with van der Waals surface area (Å²) in [5.74, 6) is 1.54. The van der Waals surface area contributed by atoms with Gasteiger partial charge in [-0.2, -0.15) is 0 Å². The Balaban J connectivity index is 3.20. The molecule has 0 saturated heterocycles. The average molecular weight is 340 g/mol. The first kappa shape index (κ1) is 20.0. The Morgan fingerprint density at radius 3 is 2.09 bits per heavy atom. The molecule has 0 radical (unpaired) electrons. The summed E-state index contributed by atoms with van der Waals surface area (Å²) >= 11 is 0. The van der Waals surface area contributed by atoms with Crippen molar-refractivity contribution in [1.82, 2.24) is 4.90 Å². The van der Waals surface area contributed by atoms with E-state index in [0.717, 1.165) is 23.6 Å². The van der Waals surface area contributed by atoms with E-state index < -0.39 is 8.32 Å². The van der Waals surface area contributed by atoms with Gasteiger partial charge >= 0.3 is 0 Å². The second-order valence-electron chi connectivity index (χ2n) is 7.73. The highest BCUT2D eigenvalue weighted by atomic mass is 28.4. The van der Waals surface area contributed by atoms with Crippen molar-refractivity contribution in [1.29, 1.82) is 0 Å². The van der Waals surface area contributed by atoms with Crippen LogP contribution < -0.4 is 9.47 Å². The lowest BCUT2D eigenvalue weighted by molar-refractivity contribution is 0.263. The molecular weight excluding hydrogens is 306 g/mol. The second kappa shape index (κ2) is 7.68. The minimum Gasteiger partial charge on any atom is -0.493 e. The number of hydrogen-bond donors (Lipinski definition) is 0. The monoisotopic (exact) mass is 339 g/mol. The zero-order valence-electron chi connectivity index (χ0n) is 16.2. The van der Waals surface area contributed by atoms with Crippen LogP contribution in [0.4, 0.5) is 0 Å². The molecule has 0 bridgehead atoms. The third-order valence-electron chi connectivity index (χ3n) is 4.62. The fourth-order valence-electron chi connectivity index (χ4n) is 2.15. The number of ether oxygens (including phenoxy) is 2. The van der Waals surface area contributed by atoms with E-state index in [1.165, 1.54) is 5.56 Å². The van der Waals surface area contributed by atoms with Crippen LogP contribution in [0.5, 0.6) is 11.5 Å². The molecule has 1 aromatic carbocycles. The number of methoxy groups -OCH3 is 2. The molecule has 0 amide bonds. The topological polar surface area (TPSA) is 30.9 Å². The predicted molar refractivity (Wildman–Crippen MR) is 98.9 cm³/mol. The van der Waals surface area contributed by atoms with E-state index in [1.807, 2.05) is 6.07 Å². The summed E-state index contributed by atoms with van der Waals surface area (Å²) in [5.41, 5.74) is 2.30. The summed E-state index contributed by atoms with van der Waals surface area (Å²) in [6.45, 7) is 12.7. The van der Waals surface area contributed by atoms with E-state index in [0.29, 0.717) is 6.61 Å². The van der Waals surface area contributed by atoms with Crippen molar-refractivity contribution in [2.45, 2.75) is 52.1 Å². The highest BCUT2D eigenvalue weighted by Gasteiger charge is 2.37. The molecule has 0 aliphatic rings. The van der Waals surface area contributed by atoms with Gasteiger partial charge in [-0.05, 0) is 43.9 Å². The summed E-state index contributed by atoms with van der Waals surface area (Å²) in [4.78, 5) is 2.15. The van der Waals surface area contributed by atoms with Gasteiger partial charge in [-0.25, -0.2) is 0 Å². The fourth-order valence-corrected chi connectivity index (χ4v) is 3.09. The summed E-state index contributed by atoms with van der Waals surface area (Å²) in [5, 5.41) is 0.181. The van der Waals surface area contributed by atoms with E-state index in [1.54, 1.807) is 14.2 Å². The Bertz CT molecular complexity index is 522. The largest absolute Gasteiger partial charge is 0.493 e. The molecule has 0 fully saturated rings. The standard InChI is InChI=1S/C18H33NO3Si/c1-18(2,3)23(8,9)22-13-15-14(12-19(4)5)10-11-16(20-6)17(15)21-7/h10-11H,12-13H2,1-9H3. The molecule has 0 aromatic heterocycles. The van der Waals surface area contributed by atoms with Crippen LogP contribution in [0.15, 0.2) is 12.1 Å². The van der Waals surface area contributed by atoms with Gasteiger partial charge in [0, 0.05) is 12.1 Å². The maximum atomic E-state index is 6.43. The Hall–Kier alpha value is -1.04. The van der Waals surface area contributed by atoms with Gasteiger partial charge in [0.25, 0.3) is 0 Å². The van der Waals surface area contributed by atoms with Crippen molar-refractivity contribution in [2.24, 2.45) is 0 Å². The van der Waals surface area contributed by atoms with E-state index in [9.17, 15) is 0 Å². The quantitative estimate of drug-likeness (QED) is 0.694. The van der Waals surface area contributed by atoms with Gasteiger partial charge in [0.1, 0.15) is 0 Å². The van der Waals surface area contributed by atoms with Crippen LogP contribution in [-0.2, 0) is 17.6 Å². The van der Waals surface area contributed by atoms with Crippen molar-refractivity contribution in [3.8, 4) is 11.5 Å². The second-order valence-corrected chi connectivity index (χ2v) is 12.5. The molecule has 0 spiro atoms.